The normalized spacial score (nSPS) is 19.0. The van der Waals surface area contributed by atoms with Crippen molar-refractivity contribution in [1.29, 1.82) is 0 Å². The average molecular weight is 438 g/mol. The van der Waals surface area contributed by atoms with Crippen molar-refractivity contribution < 1.29 is 4.79 Å². The zero-order valence-electron chi connectivity index (χ0n) is 19.5. The Hall–Kier alpha value is -2.87. The van der Waals surface area contributed by atoms with Crippen LogP contribution in [0.15, 0.2) is 41.7 Å². The van der Waals surface area contributed by atoms with Gasteiger partial charge in [0.25, 0.3) is 0 Å². The minimum atomic E-state index is 0.0802. The summed E-state index contributed by atoms with van der Waals surface area (Å²) in [5, 5.41) is 7.71. The highest BCUT2D eigenvalue weighted by molar-refractivity contribution is 5.98. The van der Waals surface area contributed by atoms with E-state index in [9.17, 15) is 4.79 Å². The Kier molecular flexibility index (Phi) is 7.09. The maximum Gasteiger partial charge on any atom is 0.246 e. The smallest absolute Gasteiger partial charge is 0.246 e. The lowest BCUT2D eigenvalue weighted by atomic mass is 9.96. The van der Waals surface area contributed by atoms with Gasteiger partial charge in [0.1, 0.15) is 6.54 Å². The first kappa shape index (κ1) is 22.3. The molecule has 1 aromatic carbocycles. The highest BCUT2D eigenvalue weighted by Gasteiger charge is 2.28. The predicted octanol–water partition coefficient (Wildman–Crippen LogP) is 1.86. The van der Waals surface area contributed by atoms with Gasteiger partial charge in [0.2, 0.25) is 5.91 Å². The van der Waals surface area contributed by atoms with Gasteiger partial charge >= 0.3 is 0 Å². The molecule has 32 heavy (non-hydrogen) atoms. The summed E-state index contributed by atoms with van der Waals surface area (Å²) in [5.41, 5.74) is 3.56. The number of carbonyl (C=O) groups excluding carboxylic acids is 1. The molecule has 2 fully saturated rings. The lowest BCUT2D eigenvalue weighted by Crippen LogP contribution is -2.56. The number of aromatic nitrogens is 2. The van der Waals surface area contributed by atoms with Crippen LogP contribution >= 0.6 is 0 Å². The molecule has 2 aliphatic heterocycles. The summed E-state index contributed by atoms with van der Waals surface area (Å²) in [6, 6.07) is 8.86. The number of hydrogen-bond donors (Lipinski definition) is 1. The molecule has 172 valence electrons. The number of anilines is 1. The van der Waals surface area contributed by atoms with E-state index in [2.05, 4.69) is 56.4 Å². The summed E-state index contributed by atoms with van der Waals surface area (Å²) >= 11 is 0. The maximum atomic E-state index is 12.7. The zero-order chi connectivity index (χ0) is 22.5. The molecule has 0 radical (unpaired) electrons. The van der Waals surface area contributed by atoms with Crippen LogP contribution in [0.1, 0.15) is 24.0 Å². The van der Waals surface area contributed by atoms with Gasteiger partial charge in [-0.25, -0.2) is 0 Å². The Balaban J connectivity index is 1.21. The Morgan fingerprint density at radius 1 is 1.16 bits per heavy atom. The number of nitrogens with zero attached hydrogens (tertiary/aromatic N) is 6. The fourth-order valence-electron chi connectivity index (χ4n) is 4.54. The highest BCUT2D eigenvalue weighted by atomic mass is 16.2. The van der Waals surface area contributed by atoms with E-state index in [0.717, 1.165) is 44.4 Å². The van der Waals surface area contributed by atoms with E-state index in [1.54, 1.807) is 22.8 Å². The number of aliphatic imine (C=N–C) groups is 1. The van der Waals surface area contributed by atoms with Gasteiger partial charge in [-0.2, -0.15) is 5.10 Å². The van der Waals surface area contributed by atoms with Gasteiger partial charge in [0, 0.05) is 46.5 Å². The molecule has 0 aliphatic carbocycles. The van der Waals surface area contributed by atoms with Crippen molar-refractivity contribution >= 4 is 17.6 Å². The first-order chi connectivity index (χ1) is 15.5. The lowest BCUT2D eigenvalue weighted by Gasteiger charge is -2.36. The van der Waals surface area contributed by atoms with E-state index in [1.165, 1.54) is 24.0 Å². The third kappa shape index (κ3) is 5.48. The Morgan fingerprint density at radius 3 is 2.53 bits per heavy atom. The summed E-state index contributed by atoms with van der Waals surface area (Å²) in [6.45, 7) is 8.06. The van der Waals surface area contributed by atoms with Crippen LogP contribution in [0.3, 0.4) is 0 Å². The van der Waals surface area contributed by atoms with Gasteiger partial charge < -0.3 is 15.1 Å². The molecule has 0 spiro atoms. The molecule has 2 saturated heterocycles. The molecule has 2 aliphatic rings. The van der Waals surface area contributed by atoms with Crippen molar-refractivity contribution in [3.05, 3.63) is 47.8 Å². The van der Waals surface area contributed by atoms with Crippen molar-refractivity contribution in [2.24, 2.45) is 18.0 Å². The van der Waals surface area contributed by atoms with Crippen LogP contribution < -0.4 is 10.2 Å². The average Bonchev–Trinajstić information content (AvgIpc) is 3.23. The highest BCUT2D eigenvalue weighted by Crippen LogP contribution is 2.19. The lowest BCUT2D eigenvalue weighted by molar-refractivity contribution is -0.120. The second-order valence-corrected chi connectivity index (χ2v) is 8.97. The fraction of sp³-hybridized carbons (Fsp3) is 0.542. The molecule has 0 saturated carbocycles. The van der Waals surface area contributed by atoms with Gasteiger partial charge in [-0.15, -0.1) is 0 Å². The van der Waals surface area contributed by atoms with Crippen LogP contribution in [0.4, 0.5) is 5.69 Å². The van der Waals surface area contributed by atoms with Crippen molar-refractivity contribution in [1.82, 2.24) is 24.9 Å². The molecule has 2 aromatic rings. The molecular weight excluding hydrogens is 402 g/mol. The molecule has 0 unspecified atom stereocenters. The largest absolute Gasteiger partial charge is 0.356 e. The monoisotopic (exact) mass is 437 g/mol. The molecule has 1 aromatic heterocycles. The van der Waals surface area contributed by atoms with Crippen molar-refractivity contribution in [3.63, 3.8) is 0 Å². The van der Waals surface area contributed by atoms with Crippen LogP contribution in [-0.2, 0) is 18.4 Å². The third-order valence-corrected chi connectivity index (χ3v) is 6.52. The Labute approximate surface area is 190 Å². The van der Waals surface area contributed by atoms with E-state index in [0.29, 0.717) is 19.0 Å². The number of amides is 1. The van der Waals surface area contributed by atoms with Gasteiger partial charge in [0.15, 0.2) is 5.96 Å². The summed E-state index contributed by atoms with van der Waals surface area (Å²) in [5.74, 6) is 1.54. The molecule has 0 bridgehead atoms. The van der Waals surface area contributed by atoms with Crippen LogP contribution in [0.2, 0.25) is 0 Å². The second kappa shape index (κ2) is 10.2. The number of benzene rings is 1. The number of nitrogens with one attached hydrogen (secondary N) is 1. The van der Waals surface area contributed by atoms with E-state index in [4.69, 9.17) is 0 Å². The Morgan fingerprint density at radius 2 is 1.91 bits per heavy atom. The van der Waals surface area contributed by atoms with Crippen LogP contribution in [0.5, 0.6) is 0 Å². The van der Waals surface area contributed by atoms with Gasteiger partial charge in [-0.1, -0.05) is 29.8 Å². The van der Waals surface area contributed by atoms with E-state index < -0.39 is 0 Å². The summed E-state index contributed by atoms with van der Waals surface area (Å²) < 4.78 is 1.72. The zero-order valence-corrected chi connectivity index (χ0v) is 19.5. The molecule has 0 atom stereocenters. The number of rotatable bonds is 5. The van der Waals surface area contributed by atoms with Crippen molar-refractivity contribution in [3.8, 4) is 0 Å². The number of piperazine rings is 1. The third-order valence-electron chi connectivity index (χ3n) is 6.52. The summed E-state index contributed by atoms with van der Waals surface area (Å²) in [7, 11) is 3.66. The molecule has 4 rings (SSSR count). The first-order valence-electron chi connectivity index (χ1n) is 11.5. The van der Waals surface area contributed by atoms with Gasteiger partial charge in [0.05, 0.1) is 11.9 Å². The molecule has 3 heterocycles. The minimum absolute atomic E-state index is 0.0802. The standard InChI is InChI=1S/C24H35N7O/c1-19-4-6-21(7-5-19)16-29-10-8-20(9-11-29)14-26-24(25-2)30-12-13-31(23(32)18-30)22-15-27-28(3)17-22/h4-7,15,17,20H,8-14,16,18H2,1-3H3,(H,25,26). The number of guanidine groups is 1. The predicted molar refractivity (Wildman–Crippen MR) is 128 cm³/mol. The molecule has 8 nitrogen and oxygen atoms in total. The fourth-order valence-corrected chi connectivity index (χ4v) is 4.54. The Bertz CT molecular complexity index is 928. The van der Waals surface area contributed by atoms with Gasteiger partial charge in [-0.05, 0) is 44.3 Å². The van der Waals surface area contributed by atoms with Gasteiger partial charge in [-0.3, -0.25) is 19.4 Å². The number of carbonyl (C=O) groups is 1. The van der Waals surface area contributed by atoms with Crippen LogP contribution in [-0.4, -0.2) is 77.8 Å². The molecule has 1 N–H and O–H groups in total. The maximum absolute atomic E-state index is 12.7. The van der Waals surface area contributed by atoms with E-state index in [-0.39, 0.29) is 5.91 Å². The number of piperidine rings is 1. The number of hydrogen-bond acceptors (Lipinski definition) is 4. The van der Waals surface area contributed by atoms with Crippen molar-refractivity contribution in [2.75, 3.05) is 51.2 Å². The first-order valence-corrected chi connectivity index (χ1v) is 11.5. The minimum Gasteiger partial charge on any atom is -0.356 e. The summed E-state index contributed by atoms with van der Waals surface area (Å²) in [6.07, 6.45) is 5.99. The SMILES string of the molecule is CN=C(NCC1CCN(Cc2ccc(C)cc2)CC1)N1CCN(c2cnn(C)c2)C(=O)C1. The molecular formula is C24H35N7O. The van der Waals surface area contributed by atoms with Crippen LogP contribution in [0.25, 0.3) is 0 Å². The van der Waals surface area contributed by atoms with Crippen LogP contribution in [0, 0.1) is 12.8 Å². The van der Waals surface area contributed by atoms with E-state index in [1.807, 2.05) is 13.2 Å². The van der Waals surface area contributed by atoms with E-state index >= 15 is 0 Å². The topological polar surface area (TPSA) is 69.0 Å². The molecule has 8 heteroatoms. The summed E-state index contributed by atoms with van der Waals surface area (Å²) in [4.78, 5) is 23.6. The number of aryl methyl sites for hydroxylation is 2. The quantitative estimate of drug-likeness (QED) is 0.571. The van der Waals surface area contributed by atoms with Crippen molar-refractivity contribution in [2.45, 2.75) is 26.3 Å². The molecule has 1 amide bonds. The second-order valence-electron chi connectivity index (χ2n) is 8.97. The number of likely N-dealkylation sites (tertiary alicyclic amines) is 1.